The van der Waals surface area contributed by atoms with E-state index in [1.807, 2.05) is 23.9 Å². The minimum atomic E-state index is -0.454. The lowest BCUT2D eigenvalue weighted by Crippen LogP contribution is -2.31. The van der Waals surface area contributed by atoms with Crippen LogP contribution < -0.4 is 0 Å². The molecular formula is C58H35N3S. The quantitative estimate of drug-likeness (QED) is 0.166. The van der Waals surface area contributed by atoms with Gasteiger partial charge in [0.1, 0.15) is 0 Å². The molecular weight excluding hydrogens is 771 g/mol. The van der Waals surface area contributed by atoms with Gasteiger partial charge in [0.25, 0.3) is 0 Å². The van der Waals surface area contributed by atoms with E-state index in [1.165, 1.54) is 48.6 Å². The number of para-hydroxylation sites is 1. The average Bonchev–Trinajstić information content (AvgIpc) is 3.62. The Bertz CT molecular complexity index is 3570. The molecule has 62 heavy (non-hydrogen) atoms. The summed E-state index contributed by atoms with van der Waals surface area (Å²) < 4.78 is 0. The highest BCUT2D eigenvalue weighted by Gasteiger charge is 2.50. The predicted octanol–water partition coefficient (Wildman–Crippen LogP) is 14.8. The Hall–Kier alpha value is -7.66. The number of pyridine rings is 1. The van der Waals surface area contributed by atoms with Crippen molar-refractivity contribution >= 4 is 44.5 Å². The zero-order valence-corrected chi connectivity index (χ0v) is 34.3. The monoisotopic (exact) mass is 805 g/mol. The largest absolute Gasteiger partial charge is 0.247 e. The predicted molar refractivity (Wildman–Crippen MR) is 256 cm³/mol. The van der Waals surface area contributed by atoms with Crippen LogP contribution in [-0.4, -0.2) is 15.0 Å². The van der Waals surface area contributed by atoms with Gasteiger partial charge in [0.05, 0.1) is 39.0 Å². The summed E-state index contributed by atoms with van der Waals surface area (Å²) in [6, 6.07) is 76.6. The number of fused-ring (bicyclic) bond motifs is 13. The molecule has 288 valence electrons. The Morgan fingerprint density at radius 3 is 1.60 bits per heavy atom. The van der Waals surface area contributed by atoms with Crippen LogP contribution in [0.4, 0.5) is 0 Å². The van der Waals surface area contributed by atoms with Crippen LogP contribution in [0.1, 0.15) is 22.3 Å². The van der Waals surface area contributed by atoms with Gasteiger partial charge in [-0.25, -0.2) is 15.0 Å². The summed E-state index contributed by atoms with van der Waals surface area (Å²) in [5.41, 5.74) is 18.2. The highest BCUT2D eigenvalue weighted by atomic mass is 32.2. The van der Waals surface area contributed by atoms with Crippen molar-refractivity contribution < 1.29 is 0 Å². The minimum absolute atomic E-state index is 0.454. The first-order valence-corrected chi connectivity index (χ1v) is 21.9. The molecule has 13 rings (SSSR count). The molecule has 0 fully saturated rings. The van der Waals surface area contributed by atoms with Gasteiger partial charge in [-0.15, -0.1) is 0 Å². The van der Waals surface area contributed by atoms with E-state index < -0.39 is 5.41 Å². The Morgan fingerprint density at radius 2 is 0.855 bits per heavy atom. The topological polar surface area (TPSA) is 38.7 Å². The van der Waals surface area contributed by atoms with Gasteiger partial charge in [0, 0.05) is 37.3 Å². The molecule has 3 nitrogen and oxygen atoms in total. The maximum Gasteiger partial charge on any atom is 0.0973 e. The van der Waals surface area contributed by atoms with Crippen molar-refractivity contribution in [2.24, 2.45) is 0 Å². The third-order valence-corrected chi connectivity index (χ3v) is 14.0. The normalized spacial score (nSPS) is 13.2. The van der Waals surface area contributed by atoms with E-state index in [4.69, 9.17) is 15.0 Å². The standard InChI is InChI=1S/C58H35N3S/c1-3-16-36(17-4-1)56-57(37-18-5-2-6-19-37)61-52-33-39(30-31-51(52)60-56)38-20-15-21-40(32-38)55-45-34-44-41-22-7-9-24-46(41)58(49(44)35-43(45)42-23-8-12-27-50(42)59-55)47-25-10-13-28-53(47)62-54-29-14-11-26-48(54)58/h1-35H. The molecule has 0 saturated heterocycles. The van der Waals surface area contributed by atoms with Crippen LogP contribution in [0, 0.1) is 0 Å². The molecule has 4 heteroatoms. The Labute approximate surface area is 363 Å². The van der Waals surface area contributed by atoms with E-state index in [2.05, 4.69) is 200 Å². The summed E-state index contributed by atoms with van der Waals surface area (Å²) in [4.78, 5) is 18.6. The average molecular weight is 806 g/mol. The molecule has 0 atom stereocenters. The SMILES string of the molecule is c1ccc(-c2nc3ccc(-c4cccc(-c5nc6ccccc6c6cc7c(cc56)-c5ccccc5C75c6ccccc6Sc6ccccc65)c4)cc3nc2-c2ccccc2)cc1. The van der Waals surface area contributed by atoms with Gasteiger partial charge in [-0.05, 0) is 98.4 Å². The Morgan fingerprint density at radius 1 is 0.290 bits per heavy atom. The van der Waals surface area contributed by atoms with Gasteiger partial charge in [0.2, 0.25) is 0 Å². The number of aromatic nitrogens is 3. The highest BCUT2D eigenvalue weighted by Crippen LogP contribution is 2.63. The molecule has 0 amide bonds. The summed E-state index contributed by atoms with van der Waals surface area (Å²) in [6.45, 7) is 0. The van der Waals surface area contributed by atoms with Gasteiger partial charge < -0.3 is 0 Å². The molecule has 2 aromatic heterocycles. The van der Waals surface area contributed by atoms with E-state index in [9.17, 15) is 0 Å². The fraction of sp³-hybridized carbons (Fsp3) is 0.0172. The van der Waals surface area contributed by atoms with Crippen molar-refractivity contribution in [3.63, 3.8) is 0 Å². The fourth-order valence-corrected chi connectivity index (χ4v) is 11.4. The molecule has 2 aliphatic rings. The second kappa shape index (κ2) is 13.7. The molecule has 0 radical (unpaired) electrons. The van der Waals surface area contributed by atoms with E-state index >= 15 is 0 Å². The molecule has 0 bridgehead atoms. The van der Waals surface area contributed by atoms with E-state index in [0.717, 1.165) is 72.2 Å². The lowest BCUT2D eigenvalue weighted by molar-refractivity contribution is 0.723. The molecule has 0 unspecified atom stereocenters. The molecule has 1 aliphatic heterocycles. The van der Waals surface area contributed by atoms with Crippen molar-refractivity contribution in [1.29, 1.82) is 0 Å². The van der Waals surface area contributed by atoms with E-state index in [-0.39, 0.29) is 0 Å². The zero-order valence-electron chi connectivity index (χ0n) is 33.5. The van der Waals surface area contributed by atoms with E-state index in [0.29, 0.717) is 0 Å². The van der Waals surface area contributed by atoms with Gasteiger partial charge in [0.15, 0.2) is 0 Å². The molecule has 1 aliphatic carbocycles. The number of nitrogens with zero attached hydrogens (tertiary/aromatic N) is 3. The molecule has 9 aromatic carbocycles. The summed E-state index contributed by atoms with van der Waals surface area (Å²) in [7, 11) is 0. The van der Waals surface area contributed by atoms with Crippen LogP contribution in [0.15, 0.2) is 222 Å². The third-order valence-electron chi connectivity index (χ3n) is 12.9. The maximum atomic E-state index is 5.47. The fourth-order valence-electron chi connectivity index (χ4n) is 10.2. The first-order valence-electron chi connectivity index (χ1n) is 21.1. The summed E-state index contributed by atoms with van der Waals surface area (Å²) in [5, 5.41) is 3.50. The van der Waals surface area contributed by atoms with Crippen LogP contribution in [0.3, 0.4) is 0 Å². The number of hydrogen-bond donors (Lipinski definition) is 0. The second-order valence-electron chi connectivity index (χ2n) is 16.2. The lowest BCUT2D eigenvalue weighted by atomic mass is 9.67. The highest BCUT2D eigenvalue weighted by molar-refractivity contribution is 7.99. The van der Waals surface area contributed by atoms with Crippen LogP contribution in [0.2, 0.25) is 0 Å². The lowest BCUT2D eigenvalue weighted by Gasteiger charge is -2.39. The smallest absolute Gasteiger partial charge is 0.0973 e. The van der Waals surface area contributed by atoms with Gasteiger partial charge in [-0.3, -0.25) is 0 Å². The Kier molecular flexibility index (Phi) is 7.75. The van der Waals surface area contributed by atoms with Gasteiger partial charge >= 0.3 is 0 Å². The Balaban J connectivity index is 1.01. The van der Waals surface area contributed by atoms with Crippen LogP contribution >= 0.6 is 11.8 Å². The number of rotatable bonds is 4. The minimum Gasteiger partial charge on any atom is -0.247 e. The first kappa shape index (κ1) is 35.1. The maximum absolute atomic E-state index is 5.47. The van der Waals surface area contributed by atoms with Crippen molar-refractivity contribution in [3.05, 3.63) is 235 Å². The number of benzene rings is 9. The molecule has 11 aromatic rings. The molecule has 3 heterocycles. The van der Waals surface area contributed by atoms with E-state index in [1.54, 1.807) is 0 Å². The zero-order chi connectivity index (χ0) is 40.8. The van der Waals surface area contributed by atoms with Crippen LogP contribution in [0.5, 0.6) is 0 Å². The number of hydrogen-bond acceptors (Lipinski definition) is 4. The van der Waals surface area contributed by atoms with Crippen LogP contribution in [0.25, 0.3) is 88.7 Å². The molecule has 0 N–H and O–H groups in total. The second-order valence-corrected chi connectivity index (χ2v) is 17.3. The van der Waals surface area contributed by atoms with Crippen molar-refractivity contribution in [1.82, 2.24) is 15.0 Å². The van der Waals surface area contributed by atoms with Crippen LogP contribution in [-0.2, 0) is 5.41 Å². The molecule has 1 spiro atoms. The third kappa shape index (κ3) is 5.17. The van der Waals surface area contributed by atoms with Crippen molar-refractivity contribution in [2.75, 3.05) is 0 Å². The molecule has 0 saturated carbocycles. The van der Waals surface area contributed by atoms with Gasteiger partial charge in [-0.1, -0.05) is 176 Å². The summed E-state index contributed by atoms with van der Waals surface area (Å²) in [5.74, 6) is 0. The summed E-state index contributed by atoms with van der Waals surface area (Å²) in [6.07, 6.45) is 0. The first-order chi connectivity index (χ1) is 30.7. The van der Waals surface area contributed by atoms with Gasteiger partial charge in [-0.2, -0.15) is 0 Å². The van der Waals surface area contributed by atoms with Crippen molar-refractivity contribution in [2.45, 2.75) is 15.2 Å². The summed E-state index contributed by atoms with van der Waals surface area (Å²) >= 11 is 1.88. The van der Waals surface area contributed by atoms with Crippen molar-refractivity contribution in [3.8, 4) is 56.0 Å².